The maximum absolute atomic E-state index is 9.44. The van der Waals surface area contributed by atoms with Crippen LogP contribution in [0.25, 0.3) is 5.69 Å². The van der Waals surface area contributed by atoms with Crippen LogP contribution < -0.4 is 4.90 Å². The molecule has 0 saturated heterocycles. The van der Waals surface area contributed by atoms with Crippen LogP contribution in [0.15, 0.2) is 59.1 Å². The van der Waals surface area contributed by atoms with Crippen molar-refractivity contribution in [3.8, 4) is 11.8 Å². The molecule has 1 N–H and O–H groups in total. The Morgan fingerprint density at radius 2 is 1.80 bits per heavy atom. The van der Waals surface area contributed by atoms with Gasteiger partial charge < -0.3 is 10.0 Å². The Bertz CT molecular complexity index is 871. The first-order valence-corrected chi connectivity index (χ1v) is 8.53. The number of aliphatic hydroxyl groups is 1. The number of aliphatic hydroxyl groups excluding tert-OH is 1. The normalized spacial score (nSPS) is 10.4. The summed E-state index contributed by atoms with van der Waals surface area (Å²) < 4.78 is 0.954. The minimum atomic E-state index is -0.0388. The summed E-state index contributed by atoms with van der Waals surface area (Å²) in [6.07, 6.45) is 0. The largest absolute Gasteiger partial charge is 0.395 e. The molecule has 0 unspecified atom stereocenters. The first kappa shape index (κ1) is 17.1. The van der Waals surface area contributed by atoms with Gasteiger partial charge in [0.15, 0.2) is 5.82 Å². The molecular formula is C18H16BrN5O. The van der Waals surface area contributed by atoms with E-state index in [1.807, 2.05) is 59.5 Å². The topological polar surface area (TPSA) is 78.0 Å². The number of rotatable bonds is 6. The Kier molecular flexibility index (Phi) is 5.43. The van der Waals surface area contributed by atoms with E-state index in [2.05, 4.69) is 32.2 Å². The Labute approximate surface area is 154 Å². The van der Waals surface area contributed by atoms with Crippen LogP contribution in [-0.2, 0) is 6.54 Å². The van der Waals surface area contributed by atoms with Crippen molar-refractivity contribution in [2.45, 2.75) is 6.54 Å². The smallest absolute Gasteiger partial charge is 0.207 e. The molecule has 3 aromatic rings. The van der Waals surface area contributed by atoms with E-state index in [9.17, 15) is 10.4 Å². The van der Waals surface area contributed by atoms with Gasteiger partial charge in [-0.3, -0.25) is 0 Å². The van der Waals surface area contributed by atoms with E-state index in [1.165, 1.54) is 4.80 Å². The standard InChI is InChI=1S/C18H16BrN5O/c19-15-6-8-16(9-7-15)24-21-17(12-20)18(22-24)23(10-11-25)13-14-4-2-1-3-5-14/h1-9,25H,10-11,13H2. The zero-order chi connectivity index (χ0) is 17.6. The Morgan fingerprint density at radius 3 is 2.44 bits per heavy atom. The van der Waals surface area contributed by atoms with Gasteiger partial charge in [-0.2, -0.15) is 5.26 Å². The molecule has 3 rings (SSSR count). The molecule has 126 valence electrons. The lowest BCUT2D eigenvalue weighted by molar-refractivity contribution is 0.301. The fourth-order valence-electron chi connectivity index (χ4n) is 2.46. The highest BCUT2D eigenvalue weighted by Crippen LogP contribution is 2.20. The number of halogens is 1. The monoisotopic (exact) mass is 397 g/mol. The summed E-state index contributed by atoms with van der Waals surface area (Å²) in [5.41, 5.74) is 2.06. The fraction of sp³-hybridized carbons (Fsp3) is 0.167. The van der Waals surface area contributed by atoms with Gasteiger partial charge in [0.25, 0.3) is 0 Å². The highest BCUT2D eigenvalue weighted by atomic mass is 79.9. The van der Waals surface area contributed by atoms with Gasteiger partial charge in [0.05, 0.1) is 12.3 Å². The highest BCUT2D eigenvalue weighted by Gasteiger charge is 2.18. The van der Waals surface area contributed by atoms with Gasteiger partial charge in [0.2, 0.25) is 5.69 Å². The number of nitrogens with zero attached hydrogens (tertiary/aromatic N) is 5. The van der Waals surface area contributed by atoms with Crippen molar-refractivity contribution in [1.82, 2.24) is 15.0 Å². The summed E-state index contributed by atoms with van der Waals surface area (Å²) >= 11 is 3.39. The zero-order valence-corrected chi connectivity index (χ0v) is 15.0. The van der Waals surface area contributed by atoms with Crippen LogP contribution in [0.5, 0.6) is 0 Å². The number of aromatic nitrogens is 3. The first-order chi connectivity index (χ1) is 12.2. The molecule has 0 amide bonds. The number of hydrogen-bond acceptors (Lipinski definition) is 5. The minimum absolute atomic E-state index is 0.0388. The molecule has 1 aromatic heterocycles. The molecule has 0 aliphatic carbocycles. The van der Waals surface area contributed by atoms with Crippen LogP contribution in [-0.4, -0.2) is 33.3 Å². The van der Waals surface area contributed by atoms with Crippen molar-refractivity contribution in [1.29, 1.82) is 5.26 Å². The Morgan fingerprint density at radius 1 is 1.08 bits per heavy atom. The third-order valence-electron chi connectivity index (χ3n) is 3.65. The first-order valence-electron chi connectivity index (χ1n) is 7.74. The van der Waals surface area contributed by atoms with Crippen molar-refractivity contribution in [3.63, 3.8) is 0 Å². The second kappa shape index (κ2) is 7.92. The lowest BCUT2D eigenvalue weighted by Gasteiger charge is -2.21. The van der Waals surface area contributed by atoms with Crippen LogP contribution in [0.2, 0.25) is 0 Å². The molecule has 1 heterocycles. The van der Waals surface area contributed by atoms with Crippen LogP contribution in [0.4, 0.5) is 5.82 Å². The summed E-state index contributed by atoms with van der Waals surface area (Å²) in [5.74, 6) is 0.461. The highest BCUT2D eigenvalue weighted by molar-refractivity contribution is 9.10. The lowest BCUT2D eigenvalue weighted by Crippen LogP contribution is -2.27. The van der Waals surface area contributed by atoms with Crippen molar-refractivity contribution in [2.24, 2.45) is 0 Å². The number of hydrogen-bond donors (Lipinski definition) is 1. The lowest BCUT2D eigenvalue weighted by atomic mass is 10.2. The second-order valence-electron chi connectivity index (χ2n) is 5.38. The summed E-state index contributed by atoms with van der Waals surface area (Å²) in [7, 11) is 0. The quantitative estimate of drug-likeness (QED) is 0.691. The minimum Gasteiger partial charge on any atom is -0.395 e. The predicted octanol–water partition coefficient (Wildman–Crippen LogP) is 2.90. The van der Waals surface area contributed by atoms with Gasteiger partial charge in [0.1, 0.15) is 6.07 Å². The molecule has 6 nitrogen and oxygen atoms in total. The average Bonchev–Trinajstić information content (AvgIpc) is 3.07. The number of nitriles is 1. The average molecular weight is 398 g/mol. The van der Waals surface area contributed by atoms with Crippen LogP contribution >= 0.6 is 15.9 Å². The molecule has 2 aromatic carbocycles. The molecular weight excluding hydrogens is 382 g/mol. The molecule has 7 heteroatoms. The maximum atomic E-state index is 9.44. The van der Waals surface area contributed by atoms with E-state index in [-0.39, 0.29) is 12.3 Å². The van der Waals surface area contributed by atoms with E-state index in [4.69, 9.17) is 0 Å². The fourth-order valence-corrected chi connectivity index (χ4v) is 2.72. The molecule has 0 radical (unpaired) electrons. The molecule has 25 heavy (non-hydrogen) atoms. The molecule has 0 atom stereocenters. The molecule has 0 saturated carbocycles. The van der Waals surface area contributed by atoms with Gasteiger partial charge >= 0.3 is 0 Å². The Hall–Kier alpha value is -2.69. The van der Waals surface area contributed by atoms with Crippen molar-refractivity contribution < 1.29 is 5.11 Å². The third-order valence-corrected chi connectivity index (χ3v) is 4.17. The summed E-state index contributed by atoms with van der Waals surface area (Å²) in [5, 5.41) is 27.6. The summed E-state index contributed by atoms with van der Waals surface area (Å²) in [4.78, 5) is 3.30. The molecule has 0 aliphatic rings. The van der Waals surface area contributed by atoms with Gasteiger partial charge in [0, 0.05) is 17.6 Å². The predicted molar refractivity (Wildman–Crippen MR) is 98.4 cm³/mol. The van der Waals surface area contributed by atoms with Crippen molar-refractivity contribution in [3.05, 3.63) is 70.3 Å². The van der Waals surface area contributed by atoms with Crippen LogP contribution in [0.1, 0.15) is 11.3 Å². The zero-order valence-electron chi connectivity index (χ0n) is 13.4. The van der Waals surface area contributed by atoms with Gasteiger partial charge in [-0.1, -0.05) is 46.3 Å². The van der Waals surface area contributed by atoms with Gasteiger partial charge in [-0.05, 0) is 29.8 Å². The van der Waals surface area contributed by atoms with E-state index in [0.29, 0.717) is 18.9 Å². The van der Waals surface area contributed by atoms with E-state index < -0.39 is 0 Å². The van der Waals surface area contributed by atoms with Crippen LogP contribution in [0.3, 0.4) is 0 Å². The molecule has 0 fully saturated rings. The SMILES string of the molecule is N#Cc1nn(-c2ccc(Br)cc2)nc1N(CCO)Cc1ccccc1. The van der Waals surface area contributed by atoms with Crippen LogP contribution in [0, 0.1) is 11.3 Å². The van der Waals surface area contributed by atoms with Crippen molar-refractivity contribution >= 4 is 21.7 Å². The second-order valence-corrected chi connectivity index (χ2v) is 6.30. The van der Waals surface area contributed by atoms with Gasteiger partial charge in [-0.15, -0.1) is 15.0 Å². The molecule has 0 aliphatic heterocycles. The number of anilines is 1. The van der Waals surface area contributed by atoms with E-state index >= 15 is 0 Å². The maximum Gasteiger partial charge on any atom is 0.207 e. The molecule has 0 bridgehead atoms. The van der Waals surface area contributed by atoms with Gasteiger partial charge in [-0.25, -0.2) is 0 Å². The molecule has 0 spiro atoms. The Balaban J connectivity index is 1.95. The third kappa shape index (κ3) is 4.05. The van der Waals surface area contributed by atoms with Crippen molar-refractivity contribution in [2.75, 3.05) is 18.1 Å². The number of benzene rings is 2. The van der Waals surface area contributed by atoms with E-state index in [0.717, 1.165) is 15.7 Å². The van der Waals surface area contributed by atoms with E-state index in [1.54, 1.807) is 0 Å². The summed E-state index contributed by atoms with van der Waals surface area (Å²) in [6, 6.07) is 19.4. The summed E-state index contributed by atoms with van der Waals surface area (Å²) in [6.45, 7) is 0.862.